The minimum atomic E-state index is -0.162. The summed E-state index contributed by atoms with van der Waals surface area (Å²) in [5.41, 5.74) is 6.08. The second-order valence-electron chi connectivity index (χ2n) is 5.76. The van der Waals surface area contributed by atoms with Crippen LogP contribution in [-0.2, 0) is 0 Å². The summed E-state index contributed by atoms with van der Waals surface area (Å²) in [6.45, 7) is 4.49. The van der Waals surface area contributed by atoms with E-state index in [9.17, 15) is 4.79 Å². The maximum Gasteiger partial charge on any atom is 0.271 e. The molecule has 18 heavy (non-hydrogen) atoms. The summed E-state index contributed by atoms with van der Waals surface area (Å²) in [6.07, 6.45) is 7.25. The molecule has 0 bridgehead atoms. The highest BCUT2D eigenvalue weighted by molar-refractivity contribution is 5.92. The van der Waals surface area contributed by atoms with Crippen molar-refractivity contribution in [3.8, 4) is 0 Å². The molecule has 1 aliphatic rings. The van der Waals surface area contributed by atoms with E-state index in [1.54, 1.807) is 0 Å². The van der Waals surface area contributed by atoms with E-state index in [0.29, 0.717) is 16.9 Å². The zero-order valence-corrected chi connectivity index (χ0v) is 10.9. The zero-order chi connectivity index (χ0) is 13.2. The molecule has 1 aliphatic carbocycles. The molecule has 3 N–H and O–H groups in total. The molecule has 1 heterocycles. The van der Waals surface area contributed by atoms with Gasteiger partial charge in [0.05, 0.1) is 12.4 Å². The Morgan fingerprint density at radius 2 is 2.22 bits per heavy atom. The fourth-order valence-electron chi connectivity index (χ4n) is 2.54. The second-order valence-corrected chi connectivity index (χ2v) is 5.76. The first-order valence-electron chi connectivity index (χ1n) is 6.35. The fourth-order valence-corrected chi connectivity index (χ4v) is 2.54. The number of rotatable bonds is 2. The van der Waals surface area contributed by atoms with Crippen LogP contribution in [0.15, 0.2) is 12.4 Å². The van der Waals surface area contributed by atoms with Crippen molar-refractivity contribution < 1.29 is 4.79 Å². The number of carbonyl (C=O) groups is 1. The second kappa shape index (κ2) is 4.92. The Balaban J connectivity index is 1.97. The lowest BCUT2D eigenvalue weighted by Gasteiger charge is -2.35. The van der Waals surface area contributed by atoms with Crippen molar-refractivity contribution >= 4 is 11.7 Å². The third-order valence-corrected chi connectivity index (χ3v) is 3.44. The van der Waals surface area contributed by atoms with Crippen molar-refractivity contribution in [1.82, 2.24) is 15.3 Å². The maximum absolute atomic E-state index is 12.0. The molecule has 0 aromatic carbocycles. The van der Waals surface area contributed by atoms with Crippen molar-refractivity contribution in [2.24, 2.45) is 5.41 Å². The van der Waals surface area contributed by atoms with Crippen LogP contribution in [0.1, 0.15) is 50.0 Å². The maximum atomic E-state index is 12.0. The molecule has 0 spiro atoms. The largest absolute Gasteiger partial charge is 0.382 e. The molecule has 1 unspecified atom stereocenters. The average molecular weight is 248 g/mol. The Hall–Kier alpha value is -1.65. The lowest BCUT2D eigenvalue weighted by molar-refractivity contribution is 0.0897. The van der Waals surface area contributed by atoms with Crippen molar-refractivity contribution in [1.29, 1.82) is 0 Å². The van der Waals surface area contributed by atoms with Gasteiger partial charge in [0.15, 0.2) is 0 Å². The highest BCUT2D eigenvalue weighted by Gasteiger charge is 2.29. The number of carbonyl (C=O) groups excluding carboxylic acids is 1. The highest BCUT2D eigenvalue weighted by Crippen LogP contribution is 2.35. The normalized spacial score (nSPS) is 22.4. The molecule has 1 fully saturated rings. The summed E-state index contributed by atoms with van der Waals surface area (Å²) >= 11 is 0. The Bertz CT molecular complexity index is 427. The lowest BCUT2D eigenvalue weighted by atomic mass is 9.75. The van der Waals surface area contributed by atoms with Gasteiger partial charge in [0.1, 0.15) is 11.5 Å². The number of nitrogens with zero attached hydrogens (tertiary/aromatic N) is 2. The van der Waals surface area contributed by atoms with Crippen molar-refractivity contribution in [3.63, 3.8) is 0 Å². The first-order valence-corrected chi connectivity index (χ1v) is 6.35. The smallest absolute Gasteiger partial charge is 0.271 e. The van der Waals surface area contributed by atoms with Gasteiger partial charge in [-0.05, 0) is 24.7 Å². The molecular formula is C13H20N4O. The van der Waals surface area contributed by atoms with Crippen LogP contribution in [0.4, 0.5) is 5.82 Å². The molecule has 1 saturated carbocycles. The van der Waals surface area contributed by atoms with Gasteiger partial charge in [0.25, 0.3) is 5.91 Å². The van der Waals surface area contributed by atoms with Crippen LogP contribution in [0.2, 0.25) is 0 Å². The van der Waals surface area contributed by atoms with Crippen LogP contribution >= 0.6 is 0 Å². The van der Waals surface area contributed by atoms with Gasteiger partial charge in [-0.3, -0.25) is 4.79 Å². The number of hydrogen-bond acceptors (Lipinski definition) is 4. The lowest BCUT2D eigenvalue weighted by Crippen LogP contribution is -2.41. The predicted octanol–water partition coefficient (Wildman–Crippen LogP) is 1.76. The first-order chi connectivity index (χ1) is 8.46. The minimum absolute atomic E-state index is 0.162. The van der Waals surface area contributed by atoms with Gasteiger partial charge < -0.3 is 11.1 Å². The van der Waals surface area contributed by atoms with E-state index >= 15 is 0 Å². The van der Waals surface area contributed by atoms with Gasteiger partial charge in [0, 0.05) is 6.04 Å². The highest BCUT2D eigenvalue weighted by atomic mass is 16.1. The molecule has 0 aliphatic heterocycles. The van der Waals surface area contributed by atoms with Gasteiger partial charge in [0.2, 0.25) is 0 Å². The van der Waals surface area contributed by atoms with Crippen LogP contribution in [0.25, 0.3) is 0 Å². The predicted molar refractivity (Wildman–Crippen MR) is 69.9 cm³/mol. The van der Waals surface area contributed by atoms with Crippen molar-refractivity contribution in [2.45, 2.75) is 45.6 Å². The number of anilines is 1. The number of hydrogen-bond donors (Lipinski definition) is 2. The molecule has 1 aromatic rings. The number of nitrogens with two attached hydrogens (primary N) is 1. The van der Waals surface area contributed by atoms with Crippen LogP contribution in [-0.4, -0.2) is 21.9 Å². The molecule has 5 nitrogen and oxygen atoms in total. The molecule has 2 rings (SSSR count). The first kappa shape index (κ1) is 12.8. The Morgan fingerprint density at radius 3 is 2.83 bits per heavy atom. The number of nitrogens with one attached hydrogen (secondary N) is 1. The summed E-state index contributed by atoms with van der Waals surface area (Å²) in [4.78, 5) is 19.8. The quantitative estimate of drug-likeness (QED) is 0.835. The molecule has 5 heteroatoms. The van der Waals surface area contributed by atoms with Gasteiger partial charge in [-0.15, -0.1) is 0 Å². The third kappa shape index (κ3) is 3.18. The summed E-state index contributed by atoms with van der Waals surface area (Å²) in [5.74, 6) is 0.163. The van der Waals surface area contributed by atoms with E-state index in [4.69, 9.17) is 5.73 Å². The summed E-state index contributed by atoms with van der Waals surface area (Å²) in [5, 5.41) is 3.03. The van der Waals surface area contributed by atoms with E-state index in [0.717, 1.165) is 19.3 Å². The monoisotopic (exact) mass is 248 g/mol. The van der Waals surface area contributed by atoms with Gasteiger partial charge in [-0.25, -0.2) is 9.97 Å². The topological polar surface area (TPSA) is 80.9 Å². The molecule has 1 aromatic heterocycles. The SMILES string of the molecule is CC1(C)CCCC(NC(=O)c2cnc(N)cn2)C1. The van der Waals surface area contributed by atoms with Crippen LogP contribution in [0.5, 0.6) is 0 Å². The molecule has 1 amide bonds. The van der Waals surface area contributed by atoms with Crippen LogP contribution < -0.4 is 11.1 Å². The van der Waals surface area contributed by atoms with E-state index < -0.39 is 0 Å². The molecule has 0 saturated heterocycles. The van der Waals surface area contributed by atoms with E-state index in [-0.39, 0.29) is 11.9 Å². The summed E-state index contributed by atoms with van der Waals surface area (Å²) < 4.78 is 0. The number of nitrogen functional groups attached to an aromatic ring is 1. The Morgan fingerprint density at radius 1 is 1.44 bits per heavy atom. The van der Waals surface area contributed by atoms with Crippen molar-refractivity contribution in [2.75, 3.05) is 5.73 Å². The zero-order valence-electron chi connectivity index (χ0n) is 10.9. The fraction of sp³-hybridized carbons (Fsp3) is 0.615. The average Bonchev–Trinajstić information content (AvgIpc) is 2.28. The van der Waals surface area contributed by atoms with Crippen LogP contribution in [0.3, 0.4) is 0 Å². The summed E-state index contributed by atoms with van der Waals surface area (Å²) in [6, 6.07) is 0.237. The van der Waals surface area contributed by atoms with Gasteiger partial charge in [-0.2, -0.15) is 0 Å². The van der Waals surface area contributed by atoms with E-state index in [1.165, 1.54) is 18.8 Å². The number of aromatic nitrogens is 2. The summed E-state index contributed by atoms with van der Waals surface area (Å²) in [7, 11) is 0. The molecule has 1 atom stereocenters. The third-order valence-electron chi connectivity index (χ3n) is 3.44. The van der Waals surface area contributed by atoms with Crippen LogP contribution in [0, 0.1) is 5.41 Å². The van der Waals surface area contributed by atoms with Gasteiger partial charge >= 0.3 is 0 Å². The molecule has 98 valence electrons. The standard InChI is InChI=1S/C13H20N4O/c1-13(2)5-3-4-9(6-13)17-12(18)10-7-16-11(14)8-15-10/h7-9H,3-6H2,1-2H3,(H2,14,16)(H,17,18). The molecular weight excluding hydrogens is 228 g/mol. The Kier molecular flexibility index (Phi) is 3.50. The van der Waals surface area contributed by atoms with E-state index in [2.05, 4.69) is 29.1 Å². The van der Waals surface area contributed by atoms with Gasteiger partial charge in [-0.1, -0.05) is 20.3 Å². The van der Waals surface area contributed by atoms with E-state index in [1.807, 2.05) is 0 Å². The Labute approximate surface area is 107 Å². The van der Waals surface area contributed by atoms with Crippen molar-refractivity contribution in [3.05, 3.63) is 18.1 Å². The number of amides is 1. The molecule has 0 radical (unpaired) electrons. The minimum Gasteiger partial charge on any atom is -0.382 e.